The SMILES string of the molecule is O=C1COC(=O)N1C1CC(O)CCC12CCCC2. The van der Waals surface area contributed by atoms with E-state index in [0.29, 0.717) is 6.42 Å². The molecule has 0 aromatic heterocycles. The van der Waals surface area contributed by atoms with Crippen LogP contribution in [0.3, 0.4) is 0 Å². The van der Waals surface area contributed by atoms with Gasteiger partial charge in [-0.3, -0.25) is 4.79 Å². The molecule has 0 aromatic rings. The van der Waals surface area contributed by atoms with Crippen molar-refractivity contribution in [2.75, 3.05) is 6.61 Å². The molecule has 0 bridgehead atoms. The highest BCUT2D eigenvalue weighted by molar-refractivity contribution is 5.98. The number of carbonyl (C=O) groups excluding carboxylic acids is 2. The highest BCUT2D eigenvalue weighted by atomic mass is 16.6. The van der Waals surface area contributed by atoms with Gasteiger partial charge in [0.05, 0.1) is 12.1 Å². The fraction of sp³-hybridized carbons (Fsp3) is 0.846. The van der Waals surface area contributed by atoms with Gasteiger partial charge in [0.1, 0.15) is 0 Å². The number of amides is 2. The minimum atomic E-state index is -0.523. The normalized spacial score (nSPS) is 35.3. The third kappa shape index (κ3) is 1.72. The second kappa shape index (κ2) is 4.23. The molecule has 3 fully saturated rings. The van der Waals surface area contributed by atoms with Crippen LogP contribution in [0.5, 0.6) is 0 Å². The maximum atomic E-state index is 11.8. The number of rotatable bonds is 1. The number of aliphatic hydroxyl groups is 1. The molecule has 1 N–H and O–H groups in total. The van der Waals surface area contributed by atoms with E-state index in [4.69, 9.17) is 4.74 Å². The molecule has 2 unspecified atom stereocenters. The first-order valence-corrected chi connectivity index (χ1v) is 6.79. The van der Waals surface area contributed by atoms with Gasteiger partial charge in [-0.15, -0.1) is 0 Å². The third-order valence-electron chi connectivity index (χ3n) is 4.87. The highest BCUT2D eigenvalue weighted by Crippen LogP contribution is 2.51. The minimum absolute atomic E-state index is 0.0399. The maximum absolute atomic E-state index is 11.8. The van der Waals surface area contributed by atoms with Crippen LogP contribution in [0.1, 0.15) is 44.9 Å². The molecule has 3 aliphatic rings. The van der Waals surface area contributed by atoms with E-state index in [1.807, 2.05) is 0 Å². The van der Waals surface area contributed by atoms with Gasteiger partial charge < -0.3 is 9.84 Å². The van der Waals surface area contributed by atoms with Crippen molar-refractivity contribution in [1.29, 1.82) is 0 Å². The zero-order valence-corrected chi connectivity index (χ0v) is 10.4. The van der Waals surface area contributed by atoms with Gasteiger partial charge in [-0.2, -0.15) is 0 Å². The van der Waals surface area contributed by atoms with E-state index in [1.54, 1.807) is 0 Å². The van der Waals surface area contributed by atoms with Gasteiger partial charge in [-0.05, 0) is 37.5 Å². The average molecular weight is 253 g/mol. The van der Waals surface area contributed by atoms with E-state index >= 15 is 0 Å². The Morgan fingerprint density at radius 2 is 1.94 bits per heavy atom. The lowest BCUT2D eigenvalue weighted by Crippen LogP contribution is -2.53. The molecular formula is C13H19NO4. The summed E-state index contributed by atoms with van der Waals surface area (Å²) in [6, 6.07) is -0.161. The van der Waals surface area contributed by atoms with Gasteiger partial charge in [0, 0.05) is 0 Å². The Morgan fingerprint density at radius 1 is 1.22 bits per heavy atom. The zero-order valence-electron chi connectivity index (χ0n) is 10.4. The maximum Gasteiger partial charge on any atom is 0.417 e. The average Bonchev–Trinajstić information content (AvgIpc) is 2.93. The summed E-state index contributed by atoms with van der Waals surface area (Å²) in [4.78, 5) is 24.8. The fourth-order valence-electron chi connectivity index (χ4n) is 3.95. The van der Waals surface area contributed by atoms with E-state index in [9.17, 15) is 14.7 Å². The molecule has 2 aliphatic carbocycles. The summed E-state index contributed by atoms with van der Waals surface area (Å²) in [5.74, 6) is -0.245. The Kier molecular flexibility index (Phi) is 2.81. The van der Waals surface area contributed by atoms with Crippen LogP contribution in [0.25, 0.3) is 0 Å². The lowest BCUT2D eigenvalue weighted by molar-refractivity contribution is -0.131. The lowest BCUT2D eigenvalue weighted by atomic mass is 9.67. The van der Waals surface area contributed by atoms with E-state index < -0.39 is 12.2 Å². The molecule has 1 spiro atoms. The number of ether oxygens (including phenoxy) is 1. The van der Waals surface area contributed by atoms with Gasteiger partial charge in [-0.1, -0.05) is 12.8 Å². The Labute approximate surface area is 106 Å². The smallest absolute Gasteiger partial charge is 0.417 e. The molecular weight excluding hydrogens is 234 g/mol. The quantitative estimate of drug-likeness (QED) is 0.768. The van der Waals surface area contributed by atoms with Gasteiger partial charge in [0.15, 0.2) is 6.61 Å². The molecule has 2 saturated carbocycles. The summed E-state index contributed by atoms with van der Waals surface area (Å²) >= 11 is 0. The summed E-state index contributed by atoms with van der Waals surface area (Å²) in [6.07, 6.45) is 5.72. The first kappa shape index (κ1) is 12.0. The van der Waals surface area contributed by atoms with Crippen LogP contribution >= 0.6 is 0 Å². The van der Waals surface area contributed by atoms with Crippen LogP contribution in [-0.2, 0) is 9.53 Å². The summed E-state index contributed by atoms with van der Waals surface area (Å²) in [7, 11) is 0. The molecule has 2 amide bonds. The van der Waals surface area contributed by atoms with Crippen molar-refractivity contribution in [2.24, 2.45) is 5.41 Å². The van der Waals surface area contributed by atoms with Crippen molar-refractivity contribution < 1.29 is 19.4 Å². The van der Waals surface area contributed by atoms with Crippen molar-refractivity contribution >= 4 is 12.0 Å². The van der Waals surface area contributed by atoms with Gasteiger partial charge >= 0.3 is 6.09 Å². The van der Waals surface area contributed by atoms with E-state index in [0.717, 1.165) is 38.5 Å². The molecule has 100 valence electrons. The van der Waals surface area contributed by atoms with Gasteiger partial charge in [0.25, 0.3) is 5.91 Å². The van der Waals surface area contributed by atoms with Crippen molar-refractivity contribution in [3.8, 4) is 0 Å². The number of hydrogen-bond donors (Lipinski definition) is 1. The van der Waals surface area contributed by atoms with E-state index in [1.165, 1.54) is 4.90 Å². The van der Waals surface area contributed by atoms with Crippen LogP contribution in [0.4, 0.5) is 4.79 Å². The molecule has 0 aromatic carbocycles. The highest BCUT2D eigenvalue weighted by Gasteiger charge is 2.52. The topological polar surface area (TPSA) is 66.8 Å². The fourth-order valence-corrected chi connectivity index (χ4v) is 3.95. The van der Waals surface area contributed by atoms with Crippen molar-refractivity contribution in [1.82, 2.24) is 4.90 Å². The number of carbonyl (C=O) groups is 2. The molecule has 5 heteroatoms. The second-order valence-corrected chi connectivity index (χ2v) is 5.83. The van der Waals surface area contributed by atoms with Gasteiger partial charge in [0.2, 0.25) is 0 Å². The summed E-state index contributed by atoms with van der Waals surface area (Å²) in [6.45, 7) is -0.137. The monoisotopic (exact) mass is 253 g/mol. The Bertz CT molecular complexity index is 359. The predicted octanol–water partition coefficient (Wildman–Crippen LogP) is 1.44. The molecule has 3 rings (SSSR count). The first-order chi connectivity index (χ1) is 8.62. The third-order valence-corrected chi connectivity index (χ3v) is 4.87. The summed E-state index contributed by atoms with van der Waals surface area (Å²) in [5.41, 5.74) is 0.0399. The number of cyclic esters (lactones) is 1. The molecule has 1 saturated heterocycles. The number of hydrogen-bond acceptors (Lipinski definition) is 4. The van der Waals surface area contributed by atoms with E-state index in [2.05, 4.69) is 0 Å². The predicted molar refractivity (Wildman–Crippen MR) is 62.7 cm³/mol. The zero-order chi connectivity index (χ0) is 12.8. The van der Waals surface area contributed by atoms with Crippen LogP contribution in [0.15, 0.2) is 0 Å². The molecule has 2 atom stereocenters. The van der Waals surface area contributed by atoms with Crippen LogP contribution in [0.2, 0.25) is 0 Å². The van der Waals surface area contributed by atoms with Crippen LogP contribution < -0.4 is 0 Å². The number of aliphatic hydroxyl groups excluding tert-OH is 1. The summed E-state index contributed by atoms with van der Waals surface area (Å²) in [5, 5.41) is 9.87. The number of imide groups is 1. The molecule has 1 heterocycles. The van der Waals surface area contributed by atoms with Crippen molar-refractivity contribution in [3.05, 3.63) is 0 Å². The van der Waals surface area contributed by atoms with Crippen LogP contribution in [-0.4, -0.2) is 40.8 Å². The molecule has 0 radical (unpaired) electrons. The standard InChI is InChI=1S/C13H19NO4/c15-9-3-6-13(4-1-2-5-13)10(7-9)14-11(16)8-18-12(14)17/h9-10,15H,1-8H2. The Morgan fingerprint density at radius 3 is 2.56 bits per heavy atom. The van der Waals surface area contributed by atoms with Crippen molar-refractivity contribution in [3.63, 3.8) is 0 Å². The second-order valence-electron chi connectivity index (χ2n) is 5.83. The van der Waals surface area contributed by atoms with Crippen molar-refractivity contribution in [2.45, 2.75) is 57.1 Å². The largest absolute Gasteiger partial charge is 0.439 e. The molecule has 1 aliphatic heterocycles. The Balaban J connectivity index is 1.90. The first-order valence-electron chi connectivity index (χ1n) is 6.79. The summed E-state index contributed by atoms with van der Waals surface area (Å²) < 4.78 is 4.82. The Hall–Kier alpha value is -1.10. The van der Waals surface area contributed by atoms with Gasteiger partial charge in [-0.25, -0.2) is 9.69 Å². The molecule has 18 heavy (non-hydrogen) atoms. The van der Waals surface area contributed by atoms with Crippen LogP contribution in [0, 0.1) is 5.41 Å². The number of nitrogens with zero attached hydrogens (tertiary/aromatic N) is 1. The minimum Gasteiger partial charge on any atom is -0.439 e. The lowest BCUT2D eigenvalue weighted by Gasteiger charge is -2.45. The molecule has 5 nitrogen and oxygen atoms in total. The van der Waals surface area contributed by atoms with E-state index in [-0.39, 0.29) is 24.0 Å².